The molecule has 0 heterocycles. The van der Waals surface area contributed by atoms with Gasteiger partial charge in [0.15, 0.2) is 0 Å². The van der Waals surface area contributed by atoms with Gasteiger partial charge in [-0.3, -0.25) is 9.10 Å². The van der Waals surface area contributed by atoms with E-state index in [2.05, 4.69) is 21.2 Å². The molecule has 0 aliphatic carbocycles. The van der Waals surface area contributed by atoms with Crippen molar-refractivity contribution in [3.8, 4) is 0 Å². The maximum atomic E-state index is 12.3. The van der Waals surface area contributed by atoms with E-state index in [-0.39, 0.29) is 5.91 Å². The molecule has 0 bridgehead atoms. The van der Waals surface area contributed by atoms with E-state index >= 15 is 0 Å². The Kier molecular flexibility index (Phi) is 5.07. The summed E-state index contributed by atoms with van der Waals surface area (Å²) in [5.41, 5.74) is 1.85. The predicted molar refractivity (Wildman–Crippen MR) is 84.4 cm³/mol. The Morgan fingerprint density at radius 2 is 1.56 bits per heavy atom. The second kappa shape index (κ2) is 6.80. The molecule has 0 radical (unpaired) electrons. The quantitative estimate of drug-likeness (QED) is 0.591. The van der Waals surface area contributed by atoms with Crippen molar-refractivity contribution in [1.29, 1.82) is 0 Å². The average molecular weight is 369 g/mol. The van der Waals surface area contributed by atoms with Crippen molar-refractivity contribution in [2.24, 2.45) is 0 Å². The van der Waals surface area contributed by atoms with Crippen LogP contribution in [0.1, 0.15) is 15.9 Å². The molecule has 0 unspecified atom stereocenters. The van der Waals surface area contributed by atoms with Crippen LogP contribution >= 0.6 is 30.3 Å². The molecule has 2 aromatic rings. The number of benzene rings is 2. The van der Waals surface area contributed by atoms with Gasteiger partial charge in [-0.15, -0.1) is 0 Å². The Labute approximate surface area is 123 Å². The third-order valence-corrected chi connectivity index (χ3v) is 4.39. The molecule has 0 atom stereocenters. The van der Waals surface area contributed by atoms with Crippen LogP contribution in [0.2, 0.25) is 0 Å². The maximum absolute atomic E-state index is 12.3. The Morgan fingerprint density at radius 1 is 1.00 bits per heavy atom. The molecule has 0 aliphatic heterocycles. The third kappa shape index (κ3) is 3.49. The van der Waals surface area contributed by atoms with Crippen LogP contribution in [0.5, 0.6) is 0 Å². The second-order valence-corrected chi connectivity index (χ2v) is 5.52. The third-order valence-electron chi connectivity index (χ3n) is 2.50. The van der Waals surface area contributed by atoms with E-state index in [0.717, 1.165) is 11.1 Å². The van der Waals surface area contributed by atoms with Crippen molar-refractivity contribution in [3.05, 3.63) is 71.8 Å². The van der Waals surface area contributed by atoms with E-state index in [1.165, 1.54) is 9.12 Å². The number of carbonyl (C=O) groups excluding carboxylic acids is 1. The van der Waals surface area contributed by atoms with Gasteiger partial charge in [-0.25, -0.2) is 0 Å². The van der Waals surface area contributed by atoms with Crippen LogP contribution in [0, 0.1) is 0 Å². The van der Waals surface area contributed by atoms with Crippen molar-refractivity contribution >= 4 is 36.2 Å². The minimum Gasteiger partial charge on any atom is -0.269 e. The zero-order valence-corrected chi connectivity index (χ0v) is 12.6. The van der Waals surface area contributed by atoms with Gasteiger partial charge >= 0.3 is 0 Å². The number of amides is 1. The van der Waals surface area contributed by atoms with Gasteiger partial charge in [0.05, 0.1) is 6.54 Å². The SMILES string of the molecule is O=C(c1ccccc1)N(Cc1ccccc1)SI. The van der Waals surface area contributed by atoms with Crippen molar-refractivity contribution in [1.82, 2.24) is 4.31 Å². The first-order chi connectivity index (χ1) is 8.81. The lowest BCUT2D eigenvalue weighted by Gasteiger charge is -2.18. The topological polar surface area (TPSA) is 20.3 Å². The van der Waals surface area contributed by atoms with Crippen LogP contribution in [0.4, 0.5) is 0 Å². The maximum Gasteiger partial charge on any atom is 0.264 e. The number of halogens is 1. The molecule has 2 rings (SSSR count). The van der Waals surface area contributed by atoms with E-state index in [1.54, 1.807) is 4.31 Å². The fraction of sp³-hybridized carbons (Fsp3) is 0.0714. The standard InChI is InChI=1S/C14H12INOS/c15-18-16(11-12-7-3-1-4-8-12)14(17)13-9-5-2-6-10-13/h1-10H,11H2. The summed E-state index contributed by atoms with van der Waals surface area (Å²) in [6.07, 6.45) is 0. The minimum atomic E-state index is 0.0406. The van der Waals surface area contributed by atoms with E-state index in [0.29, 0.717) is 6.54 Å². The summed E-state index contributed by atoms with van der Waals surface area (Å²) in [6, 6.07) is 19.4. The zero-order valence-electron chi connectivity index (χ0n) is 9.62. The van der Waals surface area contributed by atoms with Crippen molar-refractivity contribution < 1.29 is 4.79 Å². The number of hydrogen-bond donors (Lipinski definition) is 0. The van der Waals surface area contributed by atoms with Gasteiger partial charge < -0.3 is 0 Å². The fourth-order valence-corrected chi connectivity index (χ4v) is 2.92. The average Bonchev–Trinajstić information content (AvgIpc) is 2.46. The number of rotatable bonds is 4. The highest BCUT2D eigenvalue weighted by atomic mass is 127. The first-order valence-corrected chi connectivity index (χ1v) is 8.82. The summed E-state index contributed by atoms with van der Waals surface area (Å²) < 4.78 is 1.76. The molecular formula is C14H12INOS. The number of carbonyl (C=O) groups is 1. The van der Waals surface area contributed by atoms with Crippen LogP contribution in [0.15, 0.2) is 60.7 Å². The van der Waals surface area contributed by atoms with Gasteiger partial charge in [0.2, 0.25) is 0 Å². The molecule has 0 saturated heterocycles. The molecule has 0 aliphatic rings. The van der Waals surface area contributed by atoms with Crippen molar-refractivity contribution in [3.63, 3.8) is 0 Å². The smallest absolute Gasteiger partial charge is 0.264 e. The Bertz CT molecular complexity index is 504. The molecule has 2 aromatic carbocycles. The predicted octanol–water partition coefficient (Wildman–Crippen LogP) is 4.33. The van der Waals surface area contributed by atoms with Crippen LogP contribution in [0.3, 0.4) is 0 Å². The summed E-state index contributed by atoms with van der Waals surface area (Å²) >= 11 is 2.14. The van der Waals surface area contributed by atoms with Crippen molar-refractivity contribution in [2.45, 2.75) is 6.54 Å². The summed E-state index contributed by atoms with van der Waals surface area (Å²) in [5.74, 6) is 0.0406. The molecule has 4 heteroatoms. The van der Waals surface area contributed by atoms with E-state index in [4.69, 9.17) is 0 Å². The molecule has 0 N–H and O–H groups in total. The molecule has 0 saturated carbocycles. The summed E-state index contributed by atoms with van der Waals surface area (Å²) in [4.78, 5) is 12.3. The largest absolute Gasteiger partial charge is 0.269 e. The summed E-state index contributed by atoms with van der Waals surface area (Å²) in [5, 5.41) is 0. The Balaban J connectivity index is 2.12. The van der Waals surface area contributed by atoms with Gasteiger partial charge in [0.25, 0.3) is 5.91 Å². The second-order valence-electron chi connectivity index (χ2n) is 3.76. The van der Waals surface area contributed by atoms with Crippen LogP contribution in [-0.2, 0) is 6.54 Å². The normalized spacial score (nSPS) is 10.1. The molecule has 92 valence electrons. The van der Waals surface area contributed by atoms with Gasteiger partial charge in [-0.2, -0.15) is 0 Å². The van der Waals surface area contributed by atoms with Gasteiger partial charge in [-0.05, 0) is 17.7 Å². The number of nitrogens with zero attached hydrogens (tertiary/aromatic N) is 1. The van der Waals surface area contributed by atoms with E-state index in [9.17, 15) is 4.79 Å². The highest BCUT2D eigenvalue weighted by Crippen LogP contribution is 2.24. The van der Waals surface area contributed by atoms with Crippen LogP contribution in [0.25, 0.3) is 0 Å². The van der Waals surface area contributed by atoms with E-state index in [1.807, 2.05) is 60.7 Å². The monoisotopic (exact) mass is 369 g/mol. The fourth-order valence-electron chi connectivity index (χ4n) is 1.60. The molecule has 0 aromatic heterocycles. The first kappa shape index (κ1) is 13.4. The number of hydrogen-bond acceptors (Lipinski definition) is 2. The molecule has 0 spiro atoms. The molecular weight excluding hydrogens is 357 g/mol. The molecule has 18 heavy (non-hydrogen) atoms. The Hall–Kier alpha value is -1.01. The van der Waals surface area contributed by atoms with Crippen molar-refractivity contribution in [2.75, 3.05) is 0 Å². The lowest BCUT2D eigenvalue weighted by molar-refractivity contribution is 0.0868. The summed E-state index contributed by atoms with van der Waals surface area (Å²) in [6.45, 7) is 0.613. The van der Waals surface area contributed by atoms with Gasteiger partial charge in [0.1, 0.15) is 0 Å². The minimum absolute atomic E-state index is 0.0406. The van der Waals surface area contributed by atoms with Crippen LogP contribution < -0.4 is 0 Å². The van der Waals surface area contributed by atoms with Gasteiger partial charge in [-0.1, -0.05) is 48.5 Å². The molecule has 2 nitrogen and oxygen atoms in total. The molecule has 0 fully saturated rings. The zero-order chi connectivity index (χ0) is 12.8. The lowest BCUT2D eigenvalue weighted by atomic mass is 10.2. The summed E-state index contributed by atoms with van der Waals surface area (Å²) in [7, 11) is 1.42. The highest BCUT2D eigenvalue weighted by molar-refractivity contribution is 14.2. The van der Waals surface area contributed by atoms with E-state index < -0.39 is 0 Å². The highest BCUT2D eigenvalue weighted by Gasteiger charge is 2.15. The lowest BCUT2D eigenvalue weighted by Crippen LogP contribution is -2.22. The molecule has 1 amide bonds. The Morgan fingerprint density at radius 3 is 2.11 bits per heavy atom. The van der Waals surface area contributed by atoms with Crippen LogP contribution in [-0.4, -0.2) is 10.2 Å². The first-order valence-electron chi connectivity index (χ1n) is 5.51. The van der Waals surface area contributed by atoms with Gasteiger partial charge in [0, 0.05) is 35.9 Å².